The highest BCUT2D eigenvalue weighted by Gasteiger charge is 2.28. The second-order valence-electron chi connectivity index (χ2n) is 7.47. The third-order valence-corrected chi connectivity index (χ3v) is 6.11. The number of sulfonamides is 1. The first-order valence-electron chi connectivity index (χ1n) is 9.48. The molecule has 1 aliphatic carbocycles. The maximum Gasteiger partial charge on any atom is 0.252 e. The van der Waals surface area contributed by atoms with E-state index in [4.69, 9.17) is 10.1 Å². The SMILES string of the molecule is Cc1nn(C)c2nc(C3CC3)cc(C(=O)NCCc3ccc(S(N)(=O)=O)cc3)c12. The molecule has 0 saturated heterocycles. The molecule has 0 bridgehead atoms. The maximum atomic E-state index is 12.9. The lowest BCUT2D eigenvalue weighted by Gasteiger charge is -2.09. The Morgan fingerprint density at radius 1 is 1.28 bits per heavy atom. The summed E-state index contributed by atoms with van der Waals surface area (Å²) in [4.78, 5) is 17.7. The number of rotatable bonds is 6. The van der Waals surface area contributed by atoms with Gasteiger partial charge in [-0.25, -0.2) is 18.5 Å². The summed E-state index contributed by atoms with van der Waals surface area (Å²) in [6, 6.07) is 8.24. The average Bonchev–Trinajstić information content (AvgIpc) is 3.47. The molecule has 0 atom stereocenters. The number of fused-ring (bicyclic) bond motifs is 1. The highest BCUT2D eigenvalue weighted by atomic mass is 32.2. The first-order valence-corrected chi connectivity index (χ1v) is 11.0. The number of carbonyl (C=O) groups excluding carboxylic acids is 1. The van der Waals surface area contributed by atoms with Crippen molar-refractivity contribution in [1.29, 1.82) is 0 Å². The second-order valence-corrected chi connectivity index (χ2v) is 9.03. The fourth-order valence-electron chi connectivity index (χ4n) is 3.49. The lowest BCUT2D eigenvalue weighted by molar-refractivity contribution is 0.0955. The van der Waals surface area contributed by atoms with E-state index >= 15 is 0 Å². The maximum absolute atomic E-state index is 12.9. The summed E-state index contributed by atoms with van der Waals surface area (Å²) in [6.45, 7) is 2.31. The van der Waals surface area contributed by atoms with Gasteiger partial charge in [0, 0.05) is 25.2 Å². The first kappa shape index (κ1) is 19.5. The van der Waals surface area contributed by atoms with E-state index in [0.717, 1.165) is 40.8 Å². The van der Waals surface area contributed by atoms with Crippen molar-refractivity contribution in [2.75, 3.05) is 6.54 Å². The lowest BCUT2D eigenvalue weighted by Crippen LogP contribution is -2.26. The van der Waals surface area contributed by atoms with Crippen LogP contribution in [0.5, 0.6) is 0 Å². The number of pyridine rings is 1. The van der Waals surface area contributed by atoms with E-state index in [2.05, 4.69) is 10.4 Å². The molecule has 152 valence electrons. The van der Waals surface area contributed by atoms with Crippen LogP contribution in [0.3, 0.4) is 0 Å². The molecule has 1 saturated carbocycles. The monoisotopic (exact) mass is 413 g/mol. The number of nitrogens with two attached hydrogens (primary N) is 1. The molecule has 3 N–H and O–H groups in total. The number of hydrogen-bond donors (Lipinski definition) is 2. The van der Waals surface area contributed by atoms with E-state index in [-0.39, 0.29) is 10.8 Å². The summed E-state index contributed by atoms with van der Waals surface area (Å²) in [5.41, 5.74) is 3.97. The predicted molar refractivity (Wildman–Crippen MR) is 109 cm³/mol. The van der Waals surface area contributed by atoms with Gasteiger partial charge in [-0.15, -0.1) is 0 Å². The molecule has 0 spiro atoms. The van der Waals surface area contributed by atoms with Crippen LogP contribution in [0, 0.1) is 6.92 Å². The summed E-state index contributed by atoms with van der Waals surface area (Å²) in [7, 11) is -1.86. The zero-order valence-electron chi connectivity index (χ0n) is 16.3. The molecule has 0 aliphatic heterocycles. The molecule has 2 heterocycles. The summed E-state index contributed by atoms with van der Waals surface area (Å²) < 4.78 is 24.4. The summed E-state index contributed by atoms with van der Waals surface area (Å²) in [5, 5.41) is 13.3. The third-order valence-electron chi connectivity index (χ3n) is 5.18. The van der Waals surface area contributed by atoms with Gasteiger partial charge in [0.25, 0.3) is 5.91 Å². The zero-order chi connectivity index (χ0) is 20.8. The number of nitrogens with zero attached hydrogens (tertiary/aromatic N) is 3. The average molecular weight is 414 g/mol. The Labute approximate surface area is 169 Å². The van der Waals surface area contributed by atoms with Crippen molar-refractivity contribution in [3.63, 3.8) is 0 Å². The quantitative estimate of drug-likeness (QED) is 0.638. The highest BCUT2D eigenvalue weighted by Crippen LogP contribution is 2.40. The smallest absolute Gasteiger partial charge is 0.252 e. The van der Waals surface area contributed by atoms with Gasteiger partial charge < -0.3 is 5.32 Å². The van der Waals surface area contributed by atoms with E-state index in [1.54, 1.807) is 16.8 Å². The summed E-state index contributed by atoms with van der Waals surface area (Å²) in [5.74, 6) is 0.273. The lowest BCUT2D eigenvalue weighted by atomic mass is 10.1. The molecular weight excluding hydrogens is 390 g/mol. The van der Waals surface area contributed by atoms with Crippen molar-refractivity contribution in [3.05, 3.63) is 52.8 Å². The van der Waals surface area contributed by atoms with E-state index in [1.165, 1.54) is 12.1 Å². The first-order chi connectivity index (χ1) is 13.7. The van der Waals surface area contributed by atoms with Gasteiger partial charge in [-0.3, -0.25) is 9.48 Å². The number of nitrogens with one attached hydrogen (secondary N) is 1. The number of hydrogen-bond acceptors (Lipinski definition) is 5. The van der Waals surface area contributed by atoms with Gasteiger partial charge in [-0.05, 0) is 49.9 Å². The summed E-state index contributed by atoms with van der Waals surface area (Å²) in [6.07, 6.45) is 2.78. The number of benzene rings is 1. The fraction of sp³-hybridized carbons (Fsp3) is 0.350. The van der Waals surface area contributed by atoms with Crippen LogP contribution in [0.15, 0.2) is 35.2 Å². The van der Waals surface area contributed by atoms with Crippen LogP contribution in [0.1, 0.15) is 46.1 Å². The Morgan fingerprint density at radius 3 is 2.59 bits per heavy atom. The standard InChI is InChI=1S/C20H23N5O3S/c1-12-18-16(11-17(14-5-6-14)23-19(18)25(2)24-12)20(26)22-10-9-13-3-7-15(8-4-13)29(21,27)28/h3-4,7-8,11,14H,5-6,9-10H2,1-2H3,(H,22,26)(H2,21,27,28). The minimum Gasteiger partial charge on any atom is -0.352 e. The highest BCUT2D eigenvalue weighted by molar-refractivity contribution is 7.89. The van der Waals surface area contributed by atoms with Crippen molar-refractivity contribution in [2.24, 2.45) is 12.2 Å². The van der Waals surface area contributed by atoms with E-state index in [0.29, 0.717) is 24.4 Å². The molecule has 2 aromatic heterocycles. The normalized spacial score (nSPS) is 14.3. The summed E-state index contributed by atoms with van der Waals surface area (Å²) >= 11 is 0. The van der Waals surface area contributed by atoms with Crippen LogP contribution < -0.4 is 10.5 Å². The van der Waals surface area contributed by atoms with Crippen LogP contribution in [0.4, 0.5) is 0 Å². The van der Waals surface area contributed by atoms with Gasteiger partial charge in [0.1, 0.15) is 0 Å². The largest absolute Gasteiger partial charge is 0.352 e. The molecule has 4 rings (SSSR count). The number of amides is 1. The van der Waals surface area contributed by atoms with Gasteiger partial charge in [-0.2, -0.15) is 5.10 Å². The van der Waals surface area contributed by atoms with Crippen LogP contribution in [-0.4, -0.2) is 35.6 Å². The van der Waals surface area contributed by atoms with Crippen molar-refractivity contribution in [2.45, 2.75) is 37.0 Å². The minimum absolute atomic E-state index is 0.0733. The molecule has 0 unspecified atom stereocenters. The molecule has 0 radical (unpaired) electrons. The molecule has 1 amide bonds. The van der Waals surface area contributed by atoms with E-state index in [1.807, 2.05) is 20.0 Å². The Kier molecular flexibility index (Phi) is 4.87. The van der Waals surface area contributed by atoms with Crippen LogP contribution in [-0.2, 0) is 23.5 Å². The van der Waals surface area contributed by atoms with Crippen molar-refractivity contribution in [1.82, 2.24) is 20.1 Å². The molecule has 8 nitrogen and oxygen atoms in total. The second kappa shape index (κ2) is 7.23. The minimum atomic E-state index is -3.70. The Bertz CT molecular complexity index is 1200. The molecule has 1 fully saturated rings. The van der Waals surface area contributed by atoms with Crippen LogP contribution in [0.2, 0.25) is 0 Å². The Balaban J connectivity index is 1.51. The topological polar surface area (TPSA) is 120 Å². The predicted octanol–water partition coefficient (Wildman–Crippen LogP) is 1.77. The number of primary sulfonamides is 1. The van der Waals surface area contributed by atoms with Crippen molar-refractivity contribution < 1.29 is 13.2 Å². The molecule has 3 aromatic rings. The van der Waals surface area contributed by atoms with E-state index < -0.39 is 10.0 Å². The van der Waals surface area contributed by atoms with Crippen LogP contribution >= 0.6 is 0 Å². The fourth-order valence-corrected chi connectivity index (χ4v) is 4.01. The van der Waals surface area contributed by atoms with Crippen molar-refractivity contribution in [3.8, 4) is 0 Å². The molecule has 1 aromatic carbocycles. The van der Waals surface area contributed by atoms with Gasteiger partial charge >= 0.3 is 0 Å². The molecular formula is C20H23N5O3S. The van der Waals surface area contributed by atoms with Gasteiger partial charge in [0.05, 0.1) is 21.5 Å². The Hall–Kier alpha value is -2.78. The molecule has 29 heavy (non-hydrogen) atoms. The number of aromatic nitrogens is 3. The number of carbonyl (C=O) groups is 1. The van der Waals surface area contributed by atoms with Gasteiger partial charge in [0.2, 0.25) is 10.0 Å². The molecule has 1 aliphatic rings. The van der Waals surface area contributed by atoms with Crippen LogP contribution in [0.25, 0.3) is 11.0 Å². The Morgan fingerprint density at radius 2 is 1.97 bits per heavy atom. The van der Waals surface area contributed by atoms with Crippen molar-refractivity contribution >= 4 is 27.0 Å². The zero-order valence-corrected chi connectivity index (χ0v) is 17.2. The number of aryl methyl sites for hydroxylation is 2. The van der Waals surface area contributed by atoms with Gasteiger partial charge in [-0.1, -0.05) is 12.1 Å². The molecule has 9 heteroatoms. The van der Waals surface area contributed by atoms with Gasteiger partial charge in [0.15, 0.2) is 5.65 Å². The third kappa shape index (κ3) is 4.01. The van der Waals surface area contributed by atoms with E-state index in [9.17, 15) is 13.2 Å².